The zero-order valence-electron chi connectivity index (χ0n) is 10.6. The summed E-state index contributed by atoms with van der Waals surface area (Å²) in [5, 5.41) is 0. The lowest BCUT2D eigenvalue weighted by molar-refractivity contribution is -0.143. The Balaban J connectivity index is 3.20. The number of hydrogen-bond donors (Lipinski definition) is 0. The quantitative estimate of drug-likeness (QED) is 0.326. The Labute approximate surface area is 106 Å². The van der Waals surface area contributed by atoms with Crippen LogP contribution in [0.15, 0.2) is 0 Å². The molecular formula is C12H23O4S-. The molecule has 17 heavy (non-hydrogen) atoms. The summed E-state index contributed by atoms with van der Waals surface area (Å²) in [5.74, 6) is 0.0243. The Bertz CT molecular complexity index is 219. The van der Waals surface area contributed by atoms with Crippen molar-refractivity contribution >= 4 is 17.0 Å². The first-order valence-electron chi connectivity index (χ1n) is 6.38. The molecule has 0 fully saturated rings. The molecule has 5 heteroatoms. The predicted molar refractivity (Wildman–Crippen MR) is 67.4 cm³/mol. The van der Waals surface area contributed by atoms with Crippen molar-refractivity contribution in [3.05, 3.63) is 0 Å². The van der Waals surface area contributed by atoms with Crippen molar-refractivity contribution in [2.75, 3.05) is 12.4 Å². The fourth-order valence-electron chi connectivity index (χ4n) is 1.45. The number of ether oxygens (including phenoxy) is 1. The maximum Gasteiger partial charge on any atom is 0.305 e. The minimum absolute atomic E-state index is 0.162. The average Bonchev–Trinajstić information content (AvgIpc) is 2.28. The highest BCUT2D eigenvalue weighted by Gasteiger charge is 2.02. The zero-order chi connectivity index (χ0) is 12.9. The molecule has 0 saturated carbocycles. The molecular weight excluding hydrogens is 240 g/mol. The summed E-state index contributed by atoms with van der Waals surface area (Å²) >= 11 is -1.95. The van der Waals surface area contributed by atoms with Gasteiger partial charge in [-0.05, 0) is 19.3 Å². The maximum absolute atomic E-state index is 11.2. The first-order valence-corrected chi connectivity index (χ1v) is 7.62. The Hall–Kier alpha value is -0.420. The van der Waals surface area contributed by atoms with Gasteiger partial charge in [-0.25, -0.2) is 0 Å². The van der Waals surface area contributed by atoms with Gasteiger partial charge in [0.25, 0.3) is 0 Å². The van der Waals surface area contributed by atoms with Gasteiger partial charge in [0.2, 0.25) is 0 Å². The number of hydrogen-bond acceptors (Lipinski definition) is 4. The van der Waals surface area contributed by atoms with Gasteiger partial charge in [0, 0.05) is 12.2 Å². The second-order valence-electron chi connectivity index (χ2n) is 4.10. The van der Waals surface area contributed by atoms with E-state index >= 15 is 0 Å². The molecule has 102 valence electrons. The number of esters is 1. The Morgan fingerprint density at radius 2 is 1.82 bits per heavy atom. The summed E-state index contributed by atoms with van der Waals surface area (Å²) < 4.78 is 25.5. The van der Waals surface area contributed by atoms with Crippen molar-refractivity contribution in [1.29, 1.82) is 0 Å². The van der Waals surface area contributed by atoms with E-state index in [0.717, 1.165) is 19.3 Å². The van der Waals surface area contributed by atoms with Crippen molar-refractivity contribution in [3.8, 4) is 0 Å². The number of carbonyl (C=O) groups is 1. The standard InChI is InChI=1S/C12H24O4S/c1-2-3-4-7-10-16-12(13)9-6-5-8-11-17(14)15/h2-11H2,1H3,(H,14,15)/p-1. The molecule has 1 unspecified atom stereocenters. The Morgan fingerprint density at radius 3 is 2.47 bits per heavy atom. The summed E-state index contributed by atoms with van der Waals surface area (Å²) in [6.45, 7) is 2.66. The lowest BCUT2D eigenvalue weighted by Gasteiger charge is -2.05. The van der Waals surface area contributed by atoms with Crippen LogP contribution in [-0.4, -0.2) is 27.1 Å². The van der Waals surface area contributed by atoms with Gasteiger partial charge in [-0.1, -0.05) is 43.7 Å². The molecule has 0 aliphatic carbocycles. The lowest BCUT2D eigenvalue weighted by atomic mass is 10.2. The molecule has 0 aromatic carbocycles. The zero-order valence-corrected chi connectivity index (χ0v) is 11.4. The fourth-order valence-corrected chi connectivity index (χ4v) is 1.89. The first kappa shape index (κ1) is 16.6. The minimum atomic E-state index is -1.95. The van der Waals surface area contributed by atoms with E-state index in [-0.39, 0.29) is 11.7 Å². The molecule has 0 rings (SSSR count). The van der Waals surface area contributed by atoms with Gasteiger partial charge in [-0.15, -0.1) is 0 Å². The molecule has 0 heterocycles. The van der Waals surface area contributed by atoms with Crippen molar-refractivity contribution in [2.24, 2.45) is 0 Å². The van der Waals surface area contributed by atoms with Crippen LogP contribution in [0.2, 0.25) is 0 Å². The van der Waals surface area contributed by atoms with Crippen molar-refractivity contribution in [1.82, 2.24) is 0 Å². The third-order valence-corrected chi connectivity index (χ3v) is 3.07. The van der Waals surface area contributed by atoms with E-state index in [1.54, 1.807) is 0 Å². The smallest absolute Gasteiger partial charge is 0.305 e. The highest BCUT2D eigenvalue weighted by atomic mass is 32.2. The Kier molecular flexibility index (Phi) is 11.8. The molecule has 0 amide bonds. The third-order valence-electron chi connectivity index (χ3n) is 2.45. The predicted octanol–water partition coefficient (Wildman–Crippen LogP) is 2.55. The summed E-state index contributed by atoms with van der Waals surface area (Å²) in [5.41, 5.74) is 0. The van der Waals surface area contributed by atoms with Gasteiger partial charge in [-0.3, -0.25) is 9.00 Å². The molecule has 1 atom stereocenters. The second-order valence-corrected chi connectivity index (χ2v) is 5.12. The van der Waals surface area contributed by atoms with E-state index in [4.69, 9.17) is 4.74 Å². The third kappa shape index (κ3) is 13.5. The largest absolute Gasteiger partial charge is 0.772 e. The van der Waals surface area contributed by atoms with Crippen LogP contribution in [0.5, 0.6) is 0 Å². The van der Waals surface area contributed by atoms with Crippen LogP contribution in [0.25, 0.3) is 0 Å². The molecule has 0 aliphatic heterocycles. The molecule has 0 saturated heterocycles. The molecule has 0 aromatic heterocycles. The van der Waals surface area contributed by atoms with Crippen LogP contribution in [0.4, 0.5) is 0 Å². The highest BCUT2D eigenvalue weighted by molar-refractivity contribution is 7.79. The Morgan fingerprint density at radius 1 is 1.12 bits per heavy atom. The van der Waals surface area contributed by atoms with Gasteiger partial charge in [0.1, 0.15) is 0 Å². The number of carbonyl (C=O) groups excluding carboxylic acids is 1. The second kappa shape index (κ2) is 12.0. The number of rotatable bonds is 11. The summed E-state index contributed by atoms with van der Waals surface area (Å²) in [6.07, 6.45) is 6.91. The first-order chi connectivity index (χ1) is 8.16. The maximum atomic E-state index is 11.2. The van der Waals surface area contributed by atoms with Crippen molar-refractivity contribution < 1.29 is 18.3 Å². The number of unbranched alkanes of at least 4 members (excludes halogenated alkanes) is 5. The van der Waals surface area contributed by atoms with Crippen molar-refractivity contribution in [2.45, 2.75) is 58.3 Å². The summed E-state index contributed by atoms with van der Waals surface area (Å²) in [4.78, 5) is 11.2. The fraction of sp³-hybridized carbons (Fsp3) is 0.917. The normalized spacial score (nSPS) is 12.4. The van der Waals surface area contributed by atoms with E-state index in [2.05, 4.69) is 6.92 Å². The molecule has 4 nitrogen and oxygen atoms in total. The van der Waals surface area contributed by atoms with E-state index in [1.165, 1.54) is 12.8 Å². The molecule has 0 spiro atoms. The minimum Gasteiger partial charge on any atom is -0.772 e. The van der Waals surface area contributed by atoms with Crippen molar-refractivity contribution in [3.63, 3.8) is 0 Å². The van der Waals surface area contributed by atoms with Crippen LogP contribution in [0, 0.1) is 0 Å². The van der Waals surface area contributed by atoms with Gasteiger partial charge in [0.15, 0.2) is 0 Å². The molecule has 0 aromatic rings. The van der Waals surface area contributed by atoms with Crippen LogP contribution < -0.4 is 0 Å². The summed E-state index contributed by atoms with van der Waals surface area (Å²) in [6, 6.07) is 0. The van der Waals surface area contributed by atoms with E-state index in [1.807, 2.05) is 0 Å². The van der Waals surface area contributed by atoms with E-state index in [9.17, 15) is 13.6 Å². The van der Waals surface area contributed by atoms with Gasteiger partial charge < -0.3 is 9.29 Å². The van der Waals surface area contributed by atoms with Crippen LogP contribution in [-0.2, 0) is 20.6 Å². The van der Waals surface area contributed by atoms with E-state index in [0.29, 0.717) is 25.9 Å². The monoisotopic (exact) mass is 263 g/mol. The van der Waals surface area contributed by atoms with Gasteiger partial charge in [0.05, 0.1) is 6.61 Å². The van der Waals surface area contributed by atoms with Crippen LogP contribution in [0.1, 0.15) is 58.3 Å². The van der Waals surface area contributed by atoms with Gasteiger partial charge >= 0.3 is 5.97 Å². The topological polar surface area (TPSA) is 66.4 Å². The summed E-state index contributed by atoms with van der Waals surface area (Å²) in [7, 11) is 0. The molecule has 0 N–H and O–H groups in total. The van der Waals surface area contributed by atoms with Crippen LogP contribution >= 0.6 is 0 Å². The van der Waals surface area contributed by atoms with Gasteiger partial charge in [-0.2, -0.15) is 0 Å². The molecule has 0 radical (unpaired) electrons. The molecule has 0 bridgehead atoms. The van der Waals surface area contributed by atoms with E-state index < -0.39 is 11.1 Å². The lowest BCUT2D eigenvalue weighted by Crippen LogP contribution is -2.06. The highest BCUT2D eigenvalue weighted by Crippen LogP contribution is 2.04. The SMILES string of the molecule is CCCCCCOC(=O)CCCCCS(=O)[O-]. The average molecular weight is 263 g/mol. The van der Waals surface area contributed by atoms with Crippen LogP contribution in [0.3, 0.4) is 0 Å². The molecule has 0 aliphatic rings.